The van der Waals surface area contributed by atoms with Gasteiger partial charge < -0.3 is 14.2 Å². The number of aliphatic imine (C=N–C) groups is 1. The summed E-state index contributed by atoms with van der Waals surface area (Å²) >= 11 is 3.50. The molecule has 1 aliphatic heterocycles. The Labute approximate surface area is 205 Å². The first-order valence-electron chi connectivity index (χ1n) is 9.91. The van der Waals surface area contributed by atoms with Gasteiger partial charge in [0.15, 0.2) is 16.7 Å². The molecule has 1 fully saturated rings. The van der Waals surface area contributed by atoms with Crippen molar-refractivity contribution in [2.24, 2.45) is 4.99 Å². The predicted molar refractivity (Wildman–Crippen MR) is 135 cm³/mol. The van der Waals surface area contributed by atoms with Crippen LogP contribution in [0.15, 0.2) is 46.3 Å². The van der Waals surface area contributed by atoms with Crippen molar-refractivity contribution >= 4 is 63.2 Å². The third-order valence-electron chi connectivity index (χ3n) is 4.43. The van der Waals surface area contributed by atoms with Gasteiger partial charge >= 0.3 is 5.97 Å². The fourth-order valence-corrected chi connectivity index (χ4v) is 4.69. The second-order valence-electron chi connectivity index (χ2n) is 6.60. The molecule has 32 heavy (non-hydrogen) atoms. The zero-order chi connectivity index (χ0) is 23.3. The van der Waals surface area contributed by atoms with Crippen molar-refractivity contribution in [1.82, 2.24) is 4.90 Å². The summed E-state index contributed by atoms with van der Waals surface area (Å²) < 4.78 is 17.1. The molecule has 2 aromatic carbocycles. The zero-order valence-corrected chi connectivity index (χ0v) is 21.2. The molecule has 1 heterocycles. The number of esters is 1. The lowest BCUT2D eigenvalue weighted by molar-refractivity contribution is -0.121. The molecule has 0 bridgehead atoms. The lowest BCUT2D eigenvalue weighted by atomic mass is 10.2. The third-order valence-corrected chi connectivity index (χ3v) is 6.30. The number of methoxy groups -OCH3 is 1. The predicted octanol–water partition coefficient (Wildman–Crippen LogP) is 5.11. The smallest absolute Gasteiger partial charge is 0.337 e. The van der Waals surface area contributed by atoms with Crippen LogP contribution in [0.25, 0.3) is 6.08 Å². The normalized spacial score (nSPS) is 16.0. The molecule has 1 saturated heterocycles. The molecule has 2 aromatic rings. The number of rotatable bonds is 7. The number of benzene rings is 2. The number of carbonyl (C=O) groups is 2. The molecule has 0 unspecified atom stereocenters. The number of likely N-dealkylation sites (N-methyl/N-ethyl adjacent to an activating group) is 1. The van der Waals surface area contributed by atoms with Gasteiger partial charge in [0, 0.05) is 7.05 Å². The molecule has 0 spiro atoms. The molecule has 1 amide bonds. The van der Waals surface area contributed by atoms with Crippen molar-refractivity contribution < 1.29 is 23.8 Å². The Morgan fingerprint density at radius 2 is 1.84 bits per heavy atom. The van der Waals surface area contributed by atoms with Crippen molar-refractivity contribution in [3.63, 3.8) is 0 Å². The highest BCUT2D eigenvalue weighted by Gasteiger charge is 2.30. The fraction of sp³-hybridized carbons (Fsp3) is 0.261. The minimum atomic E-state index is -0.409. The fourth-order valence-electron chi connectivity index (χ4n) is 2.92. The Morgan fingerprint density at radius 3 is 2.47 bits per heavy atom. The molecule has 0 aliphatic carbocycles. The maximum atomic E-state index is 12.8. The molecule has 168 valence electrons. The number of hydrogen-bond acceptors (Lipinski definition) is 7. The van der Waals surface area contributed by atoms with Crippen LogP contribution in [0.4, 0.5) is 5.69 Å². The molecule has 0 N–H and O–H groups in total. The van der Waals surface area contributed by atoms with Crippen LogP contribution >= 0.6 is 34.4 Å². The van der Waals surface area contributed by atoms with Crippen molar-refractivity contribution in [3.05, 3.63) is 56.0 Å². The summed E-state index contributed by atoms with van der Waals surface area (Å²) in [5.74, 6) is 0.809. The summed E-state index contributed by atoms with van der Waals surface area (Å²) in [6, 6.07) is 10.5. The van der Waals surface area contributed by atoms with Crippen LogP contribution in [-0.2, 0) is 9.53 Å². The number of thioether (sulfide) groups is 1. The average molecular weight is 566 g/mol. The van der Waals surface area contributed by atoms with E-state index in [9.17, 15) is 9.59 Å². The maximum Gasteiger partial charge on any atom is 0.337 e. The minimum absolute atomic E-state index is 0.137. The van der Waals surface area contributed by atoms with Gasteiger partial charge in [-0.2, -0.15) is 0 Å². The third kappa shape index (κ3) is 5.44. The van der Waals surface area contributed by atoms with Gasteiger partial charge in [-0.3, -0.25) is 9.69 Å². The molecule has 1 aliphatic rings. The van der Waals surface area contributed by atoms with Gasteiger partial charge in [0.25, 0.3) is 5.91 Å². The Hall–Kier alpha value is -2.53. The van der Waals surface area contributed by atoms with Crippen molar-refractivity contribution in [2.75, 3.05) is 27.4 Å². The number of hydrogen-bond donors (Lipinski definition) is 0. The van der Waals surface area contributed by atoms with E-state index < -0.39 is 5.97 Å². The monoisotopic (exact) mass is 566 g/mol. The molecular formula is C23H23IN2O5S. The summed E-state index contributed by atoms with van der Waals surface area (Å²) in [4.78, 5) is 31.0. The highest BCUT2D eigenvalue weighted by Crippen LogP contribution is 2.37. The Bertz CT molecular complexity index is 1080. The van der Waals surface area contributed by atoms with Crippen LogP contribution in [0.2, 0.25) is 0 Å². The first-order chi connectivity index (χ1) is 15.4. The SMILES string of the molecule is CCOc1cc(/C=C2\SC(=Nc3ccc(C(=O)OC)cc3)N(C)C2=O)cc(I)c1OCC. The number of carbonyl (C=O) groups excluding carboxylic acids is 2. The molecule has 9 heteroatoms. The lowest BCUT2D eigenvalue weighted by Gasteiger charge is -2.13. The lowest BCUT2D eigenvalue weighted by Crippen LogP contribution is -2.23. The van der Waals surface area contributed by atoms with Gasteiger partial charge in [-0.15, -0.1) is 0 Å². The number of amidine groups is 1. The van der Waals surface area contributed by atoms with E-state index >= 15 is 0 Å². The number of nitrogens with zero attached hydrogens (tertiary/aromatic N) is 2. The van der Waals surface area contributed by atoms with Crippen molar-refractivity contribution in [1.29, 1.82) is 0 Å². The highest BCUT2D eigenvalue weighted by atomic mass is 127. The maximum absolute atomic E-state index is 12.8. The van der Waals surface area contributed by atoms with Crippen molar-refractivity contribution in [3.8, 4) is 11.5 Å². The molecule has 3 rings (SSSR count). The summed E-state index contributed by atoms with van der Waals surface area (Å²) in [7, 11) is 3.02. The van der Waals surface area contributed by atoms with Gasteiger partial charge in [0.2, 0.25) is 0 Å². The largest absolute Gasteiger partial charge is 0.490 e. The van der Waals surface area contributed by atoms with Gasteiger partial charge in [-0.1, -0.05) is 0 Å². The van der Waals surface area contributed by atoms with Crippen LogP contribution in [0, 0.1) is 3.57 Å². The first-order valence-corrected chi connectivity index (χ1v) is 11.8. The summed E-state index contributed by atoms with van der Waals surface area (Å²) in [6.45, 7) is 4.89. The molecule has 0 atom stereocenters. The van der Waals surface area contributed by atoms with E-state index in [0.29, 0.717) is 46.0 Å². The molecule has 7 nitrogen and oxygen atoms in total. The van der Waals surface area contributed by atoms with Crippen LogP contribution in [-0.4, -0.2) is 49.3 Å². The zero-order valence-electron chi connectivity index (χ0n) is 18.2. The second kappa shape index (κ2) is 10.9. The van der Waals surface area contributed by atoms with Crippen LogP contribution in [0.5, 0.6) is 11.5 Å². The van der Waals surface area contributed by atoms with E-state index in [2.05, 4.69) is 27.6 Å². The van der Waals surface area contributed by atoms with Crippen LogP contribution in [0.1, 0.15) is 29.8 Å². The summed E-state index contributed by atoms with van der Waals surface area (Å²) in [5, 5.41) is 0.553. The van der Waals surface area contributed by atoms with Gasteiger partial charge in [0.1, 0.15) is 0 Å². The second-order valence-corrected chi connectivity index (χ2v) is 8.77. The quantitative estimate of drug-likeness (QED) is 0.264. The van der Waals surface area contributed by atoms with E-state index in [1.54, 1.807) is 31.3 Å². The minimum Gasteiger partial charge on any atom is -0.490 e. The number of ether oxygens (including phenoxy) is 3. The van der Waals surface area contributed by atoms with Crippen molar-refractivity contribution in [2.45, 2.75) is 13.8 Å². The summed E-state index contributed by atoms with van der Waals surface area (Å²) in [5.41, 5.74) is 1.92. The Balaban J connectivity index is 1.88. The topological polar surface area (TPSA) is 77.4 Å². The Morgan fingerprint density at radius 1 is 1.16 bits per heavy atom. The van der Waals surface area contributed by atoms with Crippen LogP contribution < -0.4 is 9.47 Å². The summed E-state index contributed by atoms with van der Waals surface area (Å²) in [6.07, 6.45) is 1.83. The molecule has 0 radical (unpaired) electrons. The van der Waals surface area contributed by atoms with E-state index in [0.717, 1.165) is 9.13 Å². The first kappa shape index (κ1) is 24.1. The van der Waals surface area contributed by atoms with E-state index in [-0.39, 0.29) is 5.91 Å². The standard InChI is InChI=1S/C23H23IN2O5S/c1-5-30-18-12-14(11-17(24)20(18)31-6-2)13-19-21(27)26(3)23(32-19)25-16-9-7-15(8-10-16)22(28)29-4/h7-13H,5-6H2,1-4H3/b19-13-,25-23?. The van der Waals surface area contributed by atoms with E-state index in [1.165, 1.54) is 23.8 Å². The number of halogens is 1. The van der Waals surface area contributed by atoms with E-state index in [1.807, 2.05) is 32.1 Å². The molecule has 0 aromatic heterocycles. The van der Waals surface area contributed by atoms with Crippen LogP contribution in [0.3, 0.4) is 0 Å². The van der Waals surface area contributed by atoms with Gasteiger partial charge in [0.05, 0.1) is 40.0 Å². The molecular weight excluding hydrogens is 543 g/mol. The van der Waals surface area contributed by atoms with Gasteiger partial charge in [-0.05, 0) is 96.2 Å². The highest BCUT2D eigenvalue weighted by molar-refractivity contribution is 14.1. The number of amides is 1. The average Bonchev–Trinajstić information content (AvgIpc) is 3.04. The molecule has 0 saturated carbocycles. The van der Waals surface area contributed by atoms with Gasteiger partial charge in [-0.25, -0.2) is 9.79 Å². The van der Waals surface area contributed by atoms with E-state index in [4.69, 9.17) is 14.2 Å². The Kier molecular flexibility index (Phi) is 8.19.